The predicted molar refractivity (Wildman–Crippen MR) is 132 cm³/mol. The van der Waals surface area contributed by atoms with E-state index in [1.807, 2.05) is 0 Å². The van der Waals surface area contributed by atoms with Crippen molar-refractivity contribution < 1.29 is 107 Å². The minimum atomic E-state index is -1.84. The van der Waals surface area contributed by atoms with Crippen molar-refractivity contribution in [3.05, 3.63) is 144 Å². The van der Waals surface area contributed by atoms with E-state index in [1.54, 1.807) is 72.8 Å². The van der Waals surface area contributed by atoms with Gasteiger partial charge in [-0.2, -0.15) is 0 Å². The maximum atomic E-state index is 12.3. The molecule has 0 saturated carbocycles. The zero-order valence-electron chi connectivity index (χ0n) is 20.4. The van der Waals surface area contributed by atoms with Crippen molar-refractivity contribution in [3.63, 3.8) is 0 Å². The Kier molecular flexibility index (Phi) is 13.6. The van der Waals surface area contributed by atoms with Gasteiger partial charge in [0.1, 0.15) is 0 Å². The molecule has 0 aliphatic rings. The first-order valence-electron chi connectivity index (χ1n) is 11.0. The number of hydrogen-bond acceptors (Lipinski definition) is 8. The average molecular weight is 628 g/mol. The van der Waals surface area contributed by atoms with E-state index in [-0.39, 0.29) is 91.1 Å². The normalized spacial score (nSPS) is 9.37. The fraction of sp³-hybridized carbons (Fsp3) is 0. The first-order chi connectivity index (χ1) is 17.9. The number of hydrogen-bond donors (Lipinski definition) is 0. The molecule has 0 atom stereocenters. The second-order valence-corrected chi connectivity index (χ2v) is 7.26. The smallest absolute Gasteiger partial charge is 0.545 e. The van der Waals surface area contributed by atoms with Crippen LogP contribution in [-0.4, -0.2) is 31.2 Å². The molecule has 10 heteroatoms. The summed E-state index contributed by atoms with van der Waals surface area (Å²) in [7, 11) is -1.84. The van der Waals surface area contributed by atoms with Crippen LogP contribution in [0.3, 0.4) is 0 Å². The standard InChI is InChI=1S/C21H15BO6.C7H6O2.Cs/c23-19(16-10-4-1-5-11-16)26-22(27-20(24)17-12-6-2-7-13-17)28-21(25)18-14-8-3-9-15-18;8-7(9)6-4-2-1-3-5-6;/h1-15H;1-5H,(H,8,9);/q;;+1/p-1. The predicted octanol–water partition coefficient (Wildman–Crippen LogP) is 0.596. The minimum Gasteiger partial charge on any atom is -0.545 e. The van der Waals surface area contributed by atoms with Crippen molar-refractivity contribution in [3.8, 4) is 0 Å². The molecule has 0 radical (unpaired) electrons. The van der Waals surface area contributed by atoms with Gasteiger partial charge in [0.2, 0.25) is 0 Å². The number of rotatable bonds is 7. The Morgan fingerprint density at radius 2 is 0.684 bits per heavy atom. The average Bonchev–Trinajstić information content (AvgIpc) is 2.95. The van der Waals surface area contributed by atoms with Gasteiger partial charge in [0.15, 0.2) is 0 Å². The fourth-order valence-corrected chi connectivity index (χ4v) is 2.84. The molecule has 0 spiro atoms. The number of carboxylic acids is 1. The van der Waals surface area contributed by atoms with Crippen LogP contribution in [0.1, 0.15) is 41.4 Å². The van der Waals surface area contributed by atoms with E-state index >= 15 is 0 Å². The van der Waals surface area contributed by atoms with Crippen molar-refractivity contribution in [2.75, 3.05) is 0 Å². The van der Waals surface area contributed by atoms with Crippen molar-refractivity contribution in [1.82, 2.24) is 0 Å². The summed E-state index contributed by atoms with van der Waals surface area (Å²) in [6.07, 6.45) is 0. The molecule has 38 heavy (non-hydrogen) atoms. The summed E-state index contributed by atoms with van der Waals surface area (Å²) in [4.78, 5) is 46.9. The third-order valence-corrected chi connectivity index (χ3v) is 4.65. The summed E-state index contributed by atoms with van der Waals surface area (Å²) in [5, 5.41) is 10.1. The van der Waals surface area contributed by atoms with Gasteiger partial charge in [0.25, 0.3) is 0 Å². The Bertz CT molecular complexity index is 1190. The molecule has 0 heterocycles. The van der Waals surface area contributed by atoms with Gasteiger partial charge in [-0.05, 0) is 42.0 Å². The third kappa shape index (κ3) is 10.3. The van der Waals surface area contributed by atoms with Crippen LogP contribution in [0.2, 0.25) is 0 Å². The van der Waals surface area contributed by atoms with Crippen LogP contribution in [0.25, 0.3) is 0 Å². The maximum Gasteiger partial charge on any atom is 1.00 e. The Hall–Kier alpha value is -3.12. The van der Waals surface area contributed by atoms with Crippen LogP contribution < -0.4 is 74.0 Å². The molecule has 0 aliphatic heterocycles. The van der Waals surface area contributed by atoms with Gasteiger partial charge in [-0.15, -0.1) is 0 Å². The molecule has 0 N–H and O–H groups in total. The van der Waals surface area contributed by atoms with Crippen LogP contribution in [0.15, 0.2) is 121 Å². The Morgan fingerprint density at radius 1 is 0.447 bits per heavy atom. The SMILES string of the molecule is O=C(OB(OC(=O)c1ccccc1)OC(=O)c1ccccc1)c1ccccc1.O=C([O-])c1ccccc1.[Cs+]. The number of carbonyl (C=O) groups excluding carboxylic acids is 4. The van der Waals surface area contributed by atoms with Gasteiger partial charge in [-0.25, -0.2) is 14.4 Å². The van der Waals surface area contributed by atoms with Crippen molar-refractivity contribution in [2.24, 2.45) is 0 Å². The molecule has 4 aromatic rings. The Balaban J connectivity index is 0.000000430. The number of carbonyl (C=O) groups is 4. The van der Waals surface area contributed by atoms with Crippen molar-refractivity contribution >= 4 is 31.2 Å². The summed E-state index contributed by atoms with van der Waals surface area (Å²) < 4.78 is 15.3. The van der Waals surface area contributed by atoms with Gasteiger partial charge in [0.05, 0.1) is 22.7 Å². The van der Waals surface area contributed by atoms with Crippen LogP contribution >= 0.6 is 0 Å². The fourth-order valence-electron chi connectivity index (χ4n) is 2.84. The van der Waals surface area contributed by atoms with Gasteiger partial charge in [-0.1, -0.05) is 84.9 Å². The van der Waals surface area contributed by atoms with E-state index in [4.69, 9.17) is 14.0 Å². The van der Waals surface area contributed by atoms with Crippen LogP contribution in [0.5, 0.6) is 0 Å². The van der Waals surface area contributed by atoms with Crippen LogP contribution in [0.4, 0.5) is 0 Å². The monoisotopic (exact) mass is 628 g/mol. The number of aromatic carboxylic acids is 1. The first-order valence-corrected chi connectivity index (χ1v) is 11.0. The molecular formula is C28H20BCsO8. The van der Waals surface area contributed by atoms with E-state index in [1.165, 1.54) is 48.5 Å². The summed E-state index contributed by atoms with van der Waals surface area (Å²) in [6, 6.07) is 32.3. The van der Waals surface area contributed by atoms with E-state index in [2.05, 4.69) is 0 Å². The number of benzene rings is 4. The molecule has 0 aromatic heterocycles. The van der Waals surface area contributed by atoms with E-state index in [0.717, 1.165) is 0 Å². The van der Waals surface area contributed by atoms with Crippen LogP contribution in [0, 0.1) is 0 Å². The summed E-state index contributed by atoms with van der Waals surface area (Å²) in [5.74, 6) is -3.53. The van der Waals surface area contributed by atoms with Crippen LogP contribution in [-0.2, 0) is 14.0 Å². The second-order valence-electron chi connectivity index (χ2n) is 7.26. The molecule has 184 valence electrons. The van der Waals surface area contributed by atoms with Crippen molar-refractivity contribution in [1.29, 1.82) is 0 Å². The third-order valence-electron chi connectivity index (χ3n) is 4.65. The Morgan fingerprint density at radius 3 is 0.895 bits per heavy atom. The quantitative estimate of drug-likeness (QED) is 0.273. The van der Waals surface area contributed by atoms with Gasteiger partial charge < -0.3 is 23.9 Å². The van der Waals surface area contributed by atoms with Gasteiger partial charge >= 0.3 is 94.1 Å². The molecule has 4 aromatic carbocycles. The zero-order valence-corrected chi connectivity index (χ0v) is 26.7. The van der Waals surface area contributed by atoms with E-state index < -0.39 is 31.2 Å². The molecule has 0 saturated heterocycles. The van der Waals surface area contributed by atoms with Gasteiger partial charge in [0, 0.05) is 0 Å². The summed E-state index contributed by atoms with van der Waals surface area (Å²) >= 11 is 0. The molecule has 0 bridgehead atoms. The van der Waals surface area contributed by atoms with Gasteiger partial charge in [-0.3, -0.25) is 0 Å². The maximum absolute atomic E-state index is 12.3. The molecular weight excluding hydrogens is 608 g/mol. The molecule has 8 nitrogen and oxygen atoms in total. The zero-order chi connectivity index (χ0) is 26.5. The largest absolute Gasteiger partial charge is 1.00 e. The first kappa shape index (κ1) is 31.1. The Labute approximate surface area is 278 Å². The number of carboxylic acid groups (broad SMARTS) is 1. The molecule has 0 fully saturated rings. The minimum absolute atomic E-state index is 0. The molecule has 0 unspecified atom stereocenters. The summed E-state index contributed by atoms with van der Waals surface area (Å²) in [6.45, 7) is 0. The molecule has 0 amide bonds. The topological polar surface area (TPSA) is 119 Å². The molecule has 4 rings (SSSR count). The van der Waals surface area contributed by atoms with E-state index in [9.17, 15) is 24.3 Å². The van der Waals surface area contributed by atoms with Crippen molar-refractivity contribution in [2.45, 2.75) is 0 Å². The van der Waals surface area contributed by atoms with E-state index in [0.29, 0.717) is 0 Å². The summed E-state index contributed by atoms with van der Waals surface area (Å²) in [5.41, 5.74) is 0.884. The molecule has 0 aliphatic carbocycles. The second kappa shape index (κ2) is 16.7.